The Hall–Kier alpha value is -2.65. The quantitative estimate of drug-likeness (QED) is 0.591. The van der Waals surface area contributed by atoms with Crippen LogP contribution in [0.5, 0.6) is 0 Å². The van der Waals surface area contributed by atoms with E-state index in [0.29, 0.717) is 15.6 Å². The zero-order valence-corrected chi connectivity index (χ0v) is 14.9. The third-order valence-electron chi connectivity index (χ3n) is 3.57. The van der Waals surface area contributed by atoms with Crippen LogP contribution < -0.4 is 5.32 Å². The van der Waals surface area contributed by atoms with Crippen LogP contribution in [-0.4, -0.2) is 25.5 Å². The van der Waals surface area contributed by atoms with Crippen LogP contribution in [0.1, 0.15) is 21.1 Å². The van der Waals surface area contributed by atoms with E-state index in [1.165, 1.54) is 34.8 Å². The van der Waals surface area contributed by atoms with E-state index in [1.54, 1.807) is 23.6 Å². The van der Waals surface area contributed by atoms with Crippen molar-refractivity contribution in [1.29, 1.82) is 0 Å². The van der Waals surface area contributed by atoms with Crippen molar-refractivity contribution in [3.8, 4) is 10.6 Å². The standard InChI is InChI=1S/C16H12FN5OS2/c1-8-7-24-16-20-15(21-22(8)16)19-13(23)12-9(2)18-14(25-12)10-3-5-11(17)6-4-10/h3-7H,1-2H3,(H,19,21,23). The number of nitrogens with one attached hydrogen (secondary N) is 1. The Balaban J connectivity index is 1.60. The smallest absolute Gasteiger partial charge is 0.270 e. The summed E-state index contributed by atoms with van der Waals surface area (Å²) >= 11 is 2.71. The molecule has 25 heavy (non-hydrogen) atoms. The summed E-state index contributed by atoms with van der Waals surface area (Å²) in [6, 6.07) is 6.03. The number of thiazole rings is 2. The van der Waals surface area contributed by atoms with Gasteiger partial charge < -0.3 is 0 Å². The predicted molar refractivity (Wildman–Crippen MR) is 95.8 cm³/mol. The Morgan fingerprint density at radius 1 is 1.20 bits per heavy atom. The highest BCUT2D eigenvalue weighted by atomic mass is 32.1. The summed E-state index contributed by atoms with van der Waals surface area (Å²) in [5.41, 5.74) is 2.34. The zero-order chi connectivity index (χ0) is 17.6. The lowest BCUT2D eigenvalue weighted by Gasteiger charge is -1.98. The maximum atomic E-state index is 13.1. The Kier molecular flexibility index (Phi) is 3.81. The molecule has 1 aromatic carbocycles. The van der Waals surface area contributed by atoms with Crippen molar-refractivity contribution in [3.63, 3.8) is 0 Å². The highest BCUT2D eigenvalue weighted by Crippen LogP contribution is 2.28. The van der Waals surface area contributed by atoms with E-state index in [1.807, 2.05) is 12.3 Å². The molecule has 0 saturated heterocycles. The van der Waals surface area contributed by atoms with Gasteiger partial charge >= 0.3 is 0 Å². The van der Waals surface area contributed by atoms with Gasteiger partial charge in [-0.1, -0.05) is 0 Å². The molecule has 6 nitrogen and oxygen atoms in total. The van der Waals surface area contributed by atoms with Gasteiger partial charge in [-0.15, -0.1) is 27.8 Å². The molecule has 1 amide bonds. The van der Waals surface area contributed by atoms with Gasteiger partial charge in [-0.3, -0.25) is 10.1 Å². The van der Waals surface area contributed by atoms with Gasteiger partial charge in [0.1, 0.15) is 15.7 Å². The molecule has 126 valence electrons. The van der Waals surface area contributed by atoms with E-state index in [4.69, 9.17) is 0 Å². The largest absolute Gasteiger partial charge is 0.288 e. The molecular weight excluding hydrogens is 361 g/mol. The SMILES string of the molecule is Cc1nc(-c2ccc(F)cc2)sc1C(=O)Nc1nc2scc(C)n2n1. The van der Waals surface area contributed by atoms with Gasteiger partial charge in [0.25, 0.3) is 11.9 Å². The summed E-state index contributed by atoms with van der Waals surface area (Å²) in [5, 5.41) is 9.59. The van der Waals surface area contributed by atoms with E-state index in [0.717, 1.165) is 16.2 Å². The van der Waals surface area contributed by atoms with Crippen LogP contribution in [0, 0.1) is 19.7 Å². The van der Waals surface area contributed by atoms with Crippen LogP contribution >= 0.6 is 22.7 Å². The minimum Gasteiger partial charge on any atom is -0.288 e. The van der Waals surface area contributed by atoms with Crippen molar-refractivity contribution in [3.05, 3.63) is 51.7 Å². The molecule has 1 N–H and O–H groups in total. The molecule has 0 spiro atoms. The van der Waals surface area contributed by atoms with Crippen LogP contribution in [-0.2, 0) is 0 Å². The number of amides is 1. The number of halogens is 1. The van der Waals surface area contributed by atoms with Gasteiger partial charge in [-0.05, 0) is 38.1 Å². The number of benzene rings is 1. The summed E-state index contributed by atoms with van der Waals surface area (Å²) in [6.45, 7) is 3.69. The lowest BCUT2D eigenvalue weighted by Crippen LogP contribution is -2.12. The number of fused-ring (bicyclic) bond motifs is 1. The number of rotatable bonds is 3. The fourth-order valence-corrected chi connectivity index (χ4v) is 4.09. The first-order valence-electron chi connectivity index (χ1n) is 7.37. The molecule has 9 heteroatoms. The molecule has 0 unspecified atom stereocenters. The van der Waals surface area contributed by atoms with Crippen LogP contribution in [0.4, 0.5) is 10.3 Å². The Morgan fingerprint density at radius 3 is 2.68 bits per heavy atom. The van der Waals surface area contributed by atoms with Crippen LogP contribution in [0.15, 0.2) is 29.6 Å². The van der Waals surface area contributed by atoms with Crippen molar-refractivity contribution in [2.24, 2.45) is 0 Å². The Labute approximate surface area is 150 Å². The third-order valence-corrected chi connectivity index (χ3v) is 5.71. The van der Waals surface area contributed by atoms with Gasteiger partial charge in [0, 0.05) is 10.9 Å². The fourth-order valence-electron chi connectivity index (χ4n) is 2.33. The second-order valence-electron chi connectivity index (χ2n) is 5.40. The summed E-state index contributed by atoms with van der Waals surface area (Å²) < 4.78 is 14.7. The molecule has 0 aliphatic heterocycles. The van der Waals surface area contributed by atoms with Crippen molar-refractivity contribution in [2.45, 2.75) is 13.8 Å². The first-order chi connectivity index (χ1) is 12.0. The van der Waals surface area contributed by atoms with Crippen LogP contribution in [0.3, 0.4) is 0 Å². The molecule has 4 aromatic rings. The van der Waals surface area contributed by atoms with E-state index < -0.39 is 0 Å². The minimum atomic E-state index is -0.309. The van der Waals surface area contributed by atoms with Crippen molar-refractivity contribution < 1.29 is 9.18 Å². The predicted octanol–water partition coefficient (Wildman–Crippen LogP) is 3.92. The maximum absolute atomic E-state index is 13.1. The molecule has 0 radical (unpaired) electrons. The molecule has 0 aliphatic rings. The van der Waals surface area contributed by atoms with Crippen LogP contribution in [0.2, 0.25) is 0 Å². The summed E-state index contributed by atoms with van der Waals surface area (Å²) in [4.78, 5) is 22.4. The van der Waals surface area contributed by atoms with Crippen molar-refractivity contribution >= 4 is 39.5 Å². The van der Waals surface area contributed by atoms with E-state index in [2.05, 4.69) is 20.4 Å². The Morgan fingerprint density at radius 2 is 1.96 bits per heavy atom. The highest BCUT2D eigenvalue weighted by molar-refractivity contribution is 7.17. The molecule has 4 rings (SSSR count). The summed E-state index contributed by atoms with van der Waals surface area (Å²) in [6.07, 6.45) is 0. The van der Waals surface area contributed by atoms with Crippen molar-refractivity contribution in [1.82, 2.24) is 19.6 Å². The number of carbonyl (C=O) groups is 1. The first kappa shape index (κ1) is 15.9. The number of aryl methyl sites for hydroxylation is 2. The fraction of sp³-hybridized carbons (Fsp3) is 0.125. The number of hydrogen-bond acceptors (Lipinski definition) is 6. The lowest BCUT2D eigenvalue weighted by molar-refractivity contribution is 0.102. The van der Waals surface area contributed by atoms with E-state index in [-0.39, 0.29) is 17.7 Å². The maximum Gasteiger partial charge on any atom is 0.270 e. The second-order valence-corrected chi connectivity index (χ2v) is 7.24. The summed E-state index contributed by atoms with van der Waals surface area (Å²) in [7, 11) is 0. The Bertz CT molecular complexity index is 1080. The van der Waals surface area contributed by atoms with Gasteiger partial charge in [0.2, 0.25) is 4.96 Å². The molecule has 0 saturated carbocycles. The minimum absolute atomic E-state index is 0.260. The zero-order valence-electron chi connectivity index (χ0n) is 13.3. The first-order valence-corrected chi connectivity index (χ1v) is 9.06. The molecule has 0 atom stereocenters. The van der Waals surface area contributed by atoms with Crippen molar-refractivity contribution in [2.75, 3.05) is 5.32 Å². The molecular formula is C16H12FN5OS2. The van der Waals surface area contributed by atoms with E-state index in [9.17, 15) is 9.18 Å². The number of nitrogens with zero attached hydrogens (tertiary/aromatic N) is 4. The van der Waals surface area contributed by atoms with E-state index >= 15 is 0 Å². The molecule has 0 bridgehead atoms. The number of aromatic nitrogens is 4. The van der Waals surface area contributed by atoms with Crippen LogP contribution in [0.25, 0.3) is 15.5 Å². The molecule has 0 fully saturated rings. The number of anilines is 1. The normalized spacial score (nSPS) is 11.2. The lowest BCUT2D eigenvalue weighted by atomic mass is 10.2. The molecule has 3 heterocycles. The highest BCUT2D eigenvalue weighted by Gasteiger charge is 2.18. The summed E-state index contributed by atoms with van der Waals surface area (Å²) in [5.74, 6) is -0.355. The monoisotopic (exact) mass is 373 g/mol. The van der Waals surface area contributed by atoms with Gasteiger partial charge in [-0.2, -0.15) is 4.98 Å². The van der Waals surface area contributed by atoms with Gasteiger partial charge in [-0.25, -0.2) is 13.9 Å². The van der Waals surface area contributed by atoms with Gasteiger partial charge in [0.05, 0.1) is 11.4 Å². The average Bonchev–Trinajstić information content (AvgIpc) is 3.25. The van der Waals surface area contributed by atoms with Gasteiger partial charge in [0.15, 0.2) is 0 Å². The molecule has 3 aromatic heterocycles. The second kappa shape index (κ2) is 6.01. The number of carbonyl (C=O) groups excluding carboxylic acids is 1. The number of hydrogen-bond donors (Lipinski definition) is 1. The average molecular weight is 373 g/mol. The topological polar surface area (TPSA) is 72.2 Å². The third kappa shape index (κ3) is 2.92. The molecule has 0 aliphatic carbocycles.